The summed E-state index contributed by atoms with van der Waals surface area (Å²) in [6.07, 6.45) is 6.35. The van der Waals surface area contributed by atoms with Crippen molar-refractivity contribution in [3.8, 4) is 0 Å². The van der Waals surface area contributed by atoms with E-state index in [0.29, 0.717) is 25.7 Å². The second-order valence-electron chi connectivity index (χ2n) is 8.90. The van der Waals surface area contributed by atoms with Gasteiger partial charge in [-0.1, -0.05) is 39.0 Å². The molecule has 0 amide bonds. The van der Waals surface area contributed by atoms with Crippen molar-refractivity contribution in [2.24, 2.45) is 23.7 Å². The van der Waals surface area contributed by atoms with Gasteiger partial charge in [-0.05, 0) is 49.5 Å². The fourth-order valence-corrected chi connectivity index (χ4v) is 4.54. The molecule has 7 nitrogen and oxygen atoms in total. The van der Waals surface area contributed by atoms with Gasteiger partial charge in [0.1, 0.15) is 6.10 Å². The Morgan fingerprint density at radius 3 is 2.63 bits per heavy atom. The lowest BCUT2D eigenvalue weighted by Crippen LogP contribution is -2.43. The molecule has 4 N–H and O–H groups in total. The summed E-state index contributed by atoms with van der Waals surface area (Å²) in [7, 11) is 0. The van der Waals surface area contributed by atoms with E-state index in [4.69, 9.17) is 9.99 Å². The fraction of sp³-hybridized carbons (Fsp3) is 0.783. The summed E-state index contributed by atoms with van der Waals surface area (Å²) < 4.78 is 5.86. The summed E-state index contributed by atoms with van der Waals surface area (Å²) in [4.78, 5) is 16.4. The topological polar surface area (TPSA) is 116 Å². The standard InChI is InChI=1S/C23H38O7/c1-4-14(2)23(27)30-21-13-19(26)11-16-6-5-15(3)20(22(16)21)8-7-17(24)12-18(25)9-10-29-28/h5-6,11,14-15,17-22,24-26,28H,4,7-10,12-13H2,1-3H3/t14?,15-,17+,18-,19+,20-,21-,22-/m0/s1. The molecule has 172 valence electrons. The van der Waals surface area contributed by atoms with Crippen molar-refractivity contribution in [3.05, 3.63) is 23.8 Å². The van der Waals surface area contributed by atoms with Crippen LogP contribution in [0.5, 0.6) is 0 Å². The highest BCUT2D eigenvalue weighted by molar-refractivity contribution is 5.72. The van der Waals surface area contributed by atoms with Crippen LogP contribution in [0.3, 0.4) is 0 Å². The first-order valence-corrected chi connectivity index (χ1v) is 11.2. The highest BCUT2D eigenvalue weighted by atomic mass is 17.1. The van der Waals surface area contributed by atoms with E-state index in [-0.39, 0.29) is 55.2 Å². The molecule has 1 unspecified atom stereocenters. The highest BCUT2D eigenvalue weighted by Gasteiger charge is 2.42. The van der Waals surface area contributed by atoms with E-state index in [1.807, 2.05) is 26.0 Å². The SMILES string of the molecule is CCC(C)C(=O)O[C@H]1C[C@H](O)C=C2C=C[C@H](C)[C@H](CC[C@@H](O)C[C@@H](O)CCOO)[C@H]21. The van der Waals surface area contributed by atoms with Gasteiger partial charge in [-0.25, -0.2) is 4.89 Å². The Morgan fingerprint density at radius 1 is 1.27 bits per heavy atom. The van der Waals surface area contributed by atoms with Crippen molar-refractivity contribution in [1.82, 2.24) is 0 Å². The number of hydrogen-bond acceptors (Lipinski definition) is 7. The van der Waals surface area contributed by atoms with Crippen LogP contribution < -0.4 is 0 Å². The van der Waals surface area contributed by atoms with E-state index in [9.17, 15) is 20.1 Å². The fourth-order valence-electron chi connectivity index (χ4n) is 4.54. The number of allylic oxidation sites excluding steroid dienone is 2. The zero-order chi connectivity index (χ0) is 22.3. The molecular formula is C23H38O7. The van der Waals surface area contributed by atoms with Gasteiger partial charge in [-0.3, -0.25) is 10.1 Å². The molecule has 0 radical (unpaired) electrons. The number of rotatable bonds is 11. The third-order valence-electron chi connectivity index (χ3n) is 6.57. The lowest BCUT2D eigenvalue weighted by molar-refractivity contribution is -0.245. The Bertz CT molecular complexity index is 602. The third-order valence-corrected chi connectivity index (χ3v) is 6.57. The van der Waals surface area contributed by atoms with Gasteiger partial charge in [-0.15, -0.1) is 0 Å². The van der Waals surface area contributed by atoms with Crippen LogP contribution in [0.2, 0.25) is 0 Å². The number of aliphatic hydroxyl groups excluding tert-OH is 3. The Hall–Kier alpha value is -1.25. The quantitative estimate of drug-likeness (QED) is 0.228. The van der Waals surface area contributed by atoms with Crippen LogP contribution in [0.4, 0.5) is 0 Å². The maximum atomic E-state index is 12.4. The lowest BCUT2D eigenvalue weighted by atomic mass is 9.66. The minimum absolute atomic E-state index is 0.0127. The van der Waals surface area contributed by atoms with Crippen molar-refractivity contribution >= 4 is 5.97 Å². The Labute approximate surface area is 179 Å². The molecule has 2 rings (SSSR count). The van der Waals surface area contributed by atoms with E-state index in [2.05, 4.69) is 17.9 Å². The zero-order valence-electron chi connectivity index (χ0n) is 18.3. The van der Waals surface area contributed by atoms with Crippen LogP contribution >= 0.6 is 0 Å². The molecule has 0 aromatic carbocycles. The van der Waals surface area contributed by atoms with Gasteiger partial charge in [0.2, 0.25) is 0 Å². The summed E-state index contributed by atoms with van der Waals surface area (Å²) >= 11 is 0. The normalized spacial score (nSPS) is 31.4. The van der Waals surface area contributed by atoms with E-state index in [0.717, 1.165) is 5.57 Å². The minimum atomic E-state index is -0.736. The average molecular weight is 427 g/mol. The second kappa shape index (κ2) is 12.0. The van der Waals surface area contributed by atoms with Gasteiger partial charge < -0.3 is 20.1 Å². The molecular weight excluding hydrogens is 388 g/mol. The molecule has 0 heterocycles. The molecule has 0 bridgehead atoms. The summed E-state index contributed by atoms with van der Waals surface area (Å²) in [6, 6.07) is 0. The number of hydrogen-bond donors (Lipinski definition) is 4. The Morgan fingerprint density at radius 2 is 1.97 bits per heavy atom. The molecule has 30 heavy (non-hydrogen) atoms. The summed E-state index contributed by atoms with van der Waals surface area (Å²) in [5.74, 6) is -0.0200. The second-order valence-corrected chi connectivity index (χ2v) is 8.90. The van der Waals surface area contributed by atoms with Crippen LogP contribution in [0, 0.1) is 23.7 Å². The molecule has 8 atom stereocenters. The van der Waals surface area contributed by atoms with Crippen LogP contribution in [0.25, 0.3) is 0 Å². The van der Waals surface area contributed by atoms with Gasteiger partial charge in [-0.2, -0.15) is 0 Å². The van der Waals surface area contributed by atoms with E-state index >= 15 is 0 Å². The number of fused-ring (bicyclic) bond motifs is 1. The van der Waals surface area contributed by atoms with Crippen molar-refractivity contribution < 1.29 is 35.0 Å². The van der Waals surface area contributed by atoms with Crippen molar-refractivity contribution in [3.63, 3.8) is 0 Å². The minimum Gasteiger partial charge on any atom is -0.461 e. The smallest absolute Gasteiger partial charge is 0.308 e. The zero-order valence-corrected chi connectivity index (χ0v) is 18.3. The average Bonchev–Trinajstić information content (AvgIpc) is 2.70. The van der Waals surface area contributed by atoms with Crippen LogP contribution in [-0.2, 0) is 14.4 Å². The molecule has 0 aromatic heterocycles. The van der Waals surface area contributed by atoms with Crippen LogP contribution in [-0.4, -0.2) is 57.6 Å². The van der Waals surface area contributed by atoms with Gasteiger partial charge in [0, 0.05) is 12.3 Å². The van der Waals surface area contributed by atoms with Gasteiger partial charge >= 0.3 is 5.97 Å². The molecule has 0 saturated carbocycles. The molecule has 0 aliphatic heterocycles. The first-order chi connectivity index (χ1) is 14.3. The lowest BCUT2D eigenvalue weighted by Gasteiger charge is -2.43. The Balaban J connectivity index is 2.06. The molecule has 0 aromatic rings. The first kappa shape index (κ1) is 25.0. The maximum Gasteiger partial charge on any atom is 0.308 e. The van der Waals surface area contributed by atoms with E-state index < -0.39 is 18.3 Å². The number of carbonyl (C=O) groups excluding carboxylic acids is 1. The predicted molar refractivity (Wildman–Crippen MR) is 112 cm³/mol. The van der Waals surface area contributed by atoms with E-state index in [1.54, 1.807) is 0 Å². The molecule has 0 saturated heterocycles. The van der Waals surface area contributed by atoms with Crippen LogP contribution in [0.15, 0.2) is 23.8 Å². The van der Waals surface area contributed by atoms with E-state index in [1.165, 1.54) is 0 Å². The predicted octanol–water partition coefficient (Wildman–Crippen LogP) is 2.85. The molecule has 2 aliphatic carbocycles. The number of esters is 1. The molecule has 7 heteroatoms. The molecule has 0 spiro atoms. The monoisotopic (exact) mass is 426 g/mol. The van der Waals surface area contributed by atoms with Crippen molar-refractivity contribution in [2.75, 3.05) is 6.61 Å². The summed E-state index contributed by atoms with van der Waals surface area (Å²) in [5.41, 5.74) is 0.994. The van der Waals surface area contributed by atoms with Crippen molar-refractivity contribution in [1.29, 1.82) is 0 Å². The van der Waals surface area contributed by atoms with Gasteiger partial charge in [0.15, 0.2) is 0 Å². The summed E-state index contributed by atoms with van der Waals surface area (Å²) in [6.45, 7) is 5.95. The summed E-state index contributed by atoms with van der Waals surface area (Å²) in [5, 5.41) is 38.9. The van der Waals surface area contributed by atoms with Gasteiger partial charge in [0.05, 0.1) is 30.8 Å². The number of aliphatic hydroxyl groups is 3. The molecule has 0 fully saturated rings. The van der Waals surface area contributed by atoms with Gasteiger partial charge in [0.25, 0.3) is 0 Å². The number of carbonyl (C=O) groups is 1. The van der Waals surface area contributed by atoms with Crippen LogP contribution in [0.1, 0.15) is 59.3 Å². The Kier molecular flexibility index (Phi) is 9.97. The van der Waals surface area contributed by atoms with Crippen molar-refractivity contribution in [2.45, 2.75) is 83.7 Å². The molecule has 2 aliphatic rings. The highest BCUT2D eigenvalue weighted by Crippen LogP contribution is 2.44. The third kappa shape index (κ3) is 6.89. The first-order valence-electron chi connectivity index (χ1n) is 11.2. The maximum absolute atomic E-state index is 12.4. The number of ether oxygens (including phenoxy) is 1. The largest absolute Gasteiger partial charge is 0.461 e.